The summed E-state index contributed by atoms with van der Waals surface area (Å²) in [5.74, 6) is 0.531. The van der Waals surface area contributed by atoms with Crippen LogP contribution >= 0.6 is 0 Å². The maximum Gasteiger partial charge on any atom is 0.191 e. The first kappa shape index (κ1) is 22.6. The normalized spacial score (nSPS) is 18.5. The third kappa shape index (κ3) is 7.05. The Bertz CT molecular complexity index is 762. The second kappa shape index (κ2) is 10.2. The van der Waals surface area contributed by atoms with E-state index in [2.05, 4.69) is 10.6 Å². The Morgan fingerprint density at radius 2 is 2.07 bits per heavy atom. The summed E-state index contributed by atoms with van der Waals surface area (Å²) >= 11 is 0. The molecule has 6 nitrogen and oxygen atoms in total. The van der Waals surface area contributed by atoms with Crippen molar-refractivity contribution >= 4 is 15.8 Å². The van der Waals surface area contributed by atoms with Crippen LogP contribution in [0.1, 0.15) is 38.7 Å². The van der Waals surface area contributed by atoms with Crippen LogP contribution < -0.4 is 10.6 Å². The van der Waals surface area contributed by atoms with Crippen molar-refractivity contribution in [2.45, 2.75) is 44.6 Å². The van der Waals surface area contributed by atoms with Crippen LogP contribution in [0.3, 0.4) is 0 Å². The Labute approximate surface area is 167 Å². The highest BCUT2D eigenvalue weighted by Gasteiger charge is 2.34. The quantitative estimate of drug-likeness (QED) is 0.505. The number of aliphatic imine (C=N–C) groups is 1. The number of hydrogen-bond acceptors (Lipinski definition) is 4. The van der Waals surface area contributed by atoms with E-state index in [1.54, 1.807) is 12.1 Å². The fraction of sp³-hybridized carbons (Fsp3) is 0.650. The van der Waals surface area contributed by atoms with Crippen molar-refractivity contribution in [1.82, 2.24) is 10.6 Å². The van der Waals surface area contributed by atoms with E-state index in [0.29, 0.717) is 38.7 Å². The average Bonchev–Trinajstić information content (AvgIpc) is 2.65. The second-order valence-electron chi connectivity index (χ2n) is 7.56. The van der Waals surface area contributed by atoms with Gasteiger partial charge in [-0.15, -0.1) is 0 Å². The van der Waals surface area contributed by atoms with Gasteiger partial charge in [-0.1, -0.05) is 12.1 Å². The average molecular weight is 414 g/mol. The maximum atomic E-state index is 13.8. The number of halogens is 1. The molecule has 1 aliphatic heterocycles. The molecule has 1 aromatic rings. The van der Waals surface area contributed by atoms with Gasteiger partial charge in [0.25, 0.3) is 0 Å². The van der Waals surface area contributed by atoms with Gasteiger partial charge in [-0.2, -0.15) is 0 Å². The van der Waals surface area contributed by atoms with Crippen molar-refractivity contribution in [2.24, 2.45) is 4.99 Å². The summed E-state index contributed by atoms with van der Waals surface area (Å²) in [6.45, 7) is 6.38. The van der Waals surface area contributed by atoms with Gasteiger partial charge in [0, 0.05) is 37.5 Å². The number of hydrogen-bond donors (Lipinski definition) is 2. The molecule has 0 radical (unpaired) electrons. The smallest absolute Gasteiger partial charge is 0.191 e. The minimum absolute atomic E-state index is 0.0349. The number of nitrogens with one attached hydrogen (secondary N) is 2. The van der Waals surface area contributed by atoms with Gasteiger partial charge in [-0.25, -0.2) is 12.8 Å². The van der Waals surface area contributed by atoms with Crippen LogP contribution in [0.25, 0.3) is 0 Å². The lowest BCUT2D eigenvalue weighted by molar-refractivity contribution is 0.0530. The highest BCUT2D eigenvalue weighted by atomic mass is 32.2. The van der Waals surface area contributed by atoms with Gasteiger partial charge in [-0.3, -0.25) is 4.99 Å². The molecular weight excluding hydrogens is 381 g/mol. The molecule has 1 heterocycles. The predicted molar refractivity (Wildman–Crippen MR) is 111 cm³/mol. The minimum atomic E-state index is -3.00. The molecule has 0 saturated carbocycles. The molecule has 158 valence electrons. The molecule has 0 spiro atoms. The molecule has 1 aliphatic rings. The van der Waals surface area contributed by atoms with Gasteiger partial charge in [0.05, 0.1) is 12.3 Å². The molecule has 1 fully saturated rings. The Balaban J connectivity index is 2.14. The third-order valence-corrected chi connectivity index (χ3v) is 6.05. The zero-order valence-corrected chi connectivity index (χ0v) is 17.8. The number of rotatable bonds is 8. The number of ether oxygens (including phenoxy) is 1. The number of guanidine groups is 1. The molecule has 1 unspecified atom stereocenters. The van der Waals surface area contributed by atoms with Gasteiger partial charge in [0.2, 0.25) is 0 Å². The van der Waals surface area contributed by atoms with E-state index >= 15 is 0 Å². The molecule has 1 saturated heterocycles. The summed E-state index contributed by atoms with van der Waals surface area (Å²) in [6, 6.07) is 6.71. The van der Waals surface area contributed by atoms with E-state index in [0.717, 1.165) is 18.4 Å². The largest absolute Gasteiger partial charge is 0.381 e. The maximum absolute atomic E-state index is 13.8. The van der Waals surface area contributed by atoms with E-state index in [1.165, 1.54) is 12.3 Å². The van der Waals surface area contributed by atoms with Gasteiger partial charge in [-0.05, 0) is 50.8 Å². The first-order chi connectivity index (χ1) is 13.2. The Kier molecular flexibility index (Phi) is 8.24. The molecule has 1 atom stereocenters. The van der Waals surface area contributed by atoms with Crippen molar-refractivity contribution in [1.29, 1.82) is 0 Å². The number of sulfone groups is 1. The highest BCUT2D eigenvalue weighted by molar-refractivity contribution is 7.90. The summed E-state index contributed by atoms with van der Waals surface area (Å²) in [7, 11) is -3.00. The zero-order valence-electron chi connectivity index (χ0n) is 17.0. The molecule has 0 amide bonds. The van der Waals surface area contributed by atoms with Crippen LogP contribution in [0.15, 0.2) is 29.3 Å². The summed E-state index contributed by atoms with van der Waals surface area (Å²) in [6.07, 6.45) is 3.31. The SMILES string of the molecule is CCNC(=NCC1(c2cccc(F)c2)CCOCC1)NC(C)CCS(C)(=O)=O. The minimum Gasteiger partial charge on any atom is -0.381 e. The molecule has 2 rings (SSSR count). The standard InChI is InChI=1S/C20H32FN3O3S/c1-4-22-19(24-16(2)8-13-28(3,25)26)23-15-20(9-11-27-12-10-20)17-6-5-7-18(21)14-17/h5-7,14,16H,4,8-13,15H2,1-3H3,(H2,22,23,24). The molecular formula is C20H32FN3O3S. The van der Waals surface area contributed by atoms with Crippen LogP contribution in [-0.4, -0.2) is 58.7 Å². The topological polar surface area (TPSA) is 79.8 Å². The van der Waals surface area contributed by atoms with Crippen LogP contribution in [0.4, 0.5) is 4.39 Å². The second-order valence-corrected chi connectivity index (χ2v) is 9.82. The first-order valence-electron chi connectivity index (χ1n) is 9.80. The fourth-order valence-corrected chi connectivity index (χ4v) is 4.15. The molecule has 0 aliphatic carbocycles. The molecule has 28 heavy (non-hydrogen) atoms. The lowest BCUT2D eigenvalue weighted by atomic mass is 9.74. The van der Waals surface area contributed by atoms with Crippen molar-refractivity contribution in [2.75, 3.05) is 38.3 Å². The van der Waals surface area contributed by atoms with Crippen molar-refractivity contribution in [3.05, 3.63) is 35.6 Å². The van der Waals surface area contributed by atoms with Crippen molar-refractivity contribution in [3.8, 4) is 0 Å². The molecule has 2 N–H and O–H groups in total. The zero-order chi connectivity index (χ0) is 20.6. The lowest BCUT2D eigenvalue weighted by Crippen LogP contribution is -2.44. The summed E-state index contributed by atoms with van der Waals surface area (Å²) < 4.78 is 42.1. The number of nitrogens with zero attached hydrogens (tertiary/aromatic N) is 1. The summed E-state index contributed by atoms with van der Waals surface area (Å²) in [4.78, 5) is 4.77. The molecule has 0 aromatic heterocycles. The predicted octanol–water partition coefficient (Wildman–Crippen LogP) is 2.25. The summed E-state index contributed by atoms with van der Waals surface area (Å²) in [5, 5.41) is 6.49. The van der Waals surface area contributed by atoms with E-state index < -0.39 is 9.84 Å². The van der Waals surface area contributed by atoms with E-state index in [1.807, 2.05) is 19.9 Å². The van der Waals surface area contributed by atoms with Crippen LogP contribution in [-0.2, 0) is 20.0 Å². The van der Waals surface area contributed by atoms with Crippen LogP contribution in [0.5, 0.6) is 0 Å². The Morgan fingerprint density at radius 3 is 2.68 bits per heavy atom. The third-order valence-electron chi connectivity index (χ3n) is 5.08. The van der Waals surface area contributed by atoms with E-state index in [4.69, 9.17) is 9.73 Å². The van der Waals surface area contributed by atoms with Crippen LogP contribution in [0.2, 0.25) is 0 Å². The van der Waals surface area contributed by atoms with Gasteiger partial charge < -0.3 is 15.4 Å². The van der Waals surface area contributed by atoms with E-state index in [9.17, 15) is 12.8 Å². The number of benzene rings is 1. The van der Waals surface area contributed by atoms with Gasteiger partial charge in [0.1, 0.15) is 15.7 Å². The summed E-state index contributed by atoms with van der Waals surface area (Å²) in [5.41, 5.74) is 0.680. The monoisotopic (exact) mass is 413 g/mol. The molecule has 0 bridgehead atoms. The fourth-order valence-electron chi connectivity index (χ4n) is 3.37. The van der Waals surface area contributed by atoms with Crippen molar-refractivity contribution < 1.29 is 17.5 Å². The van der Waals surface area contributed by atoms with Gasteiger partial charge in [0.15, 0.2) is 5.96 Å². The first-order valence-corrected chi connectivity index (χ1v) is 11.9. The highest BCUT2D eigenvalue weighted by Crippen LogP contribution is 2.35. The lowest BCUT2D eigenvalue weighted by Gasteiger charge is -2.36. The Hall–Kier alpha value is -1.67. The van der Waals surface area contributed by atoms with E-state index in [-0.39, 0.29) is 23.0 Å². The van der Waals surface area contributed by atoms with Crippen LogP contribution in [0, 0.1) is 5.82 Å². The Morgan fingerprint density at radius 1 is 1.36 bits per heavy atom. The van der Waals surface area contributed by atoms with Gasteiger partial charge >= 0.3 is 0 Å². The molecule has 1 aromatic carbocycles. The van der Waals surface area contributed by atoms with Crippen molar-refractivity contribution in [3.63, 3.8) is 0 Å². The molecule has 8 heteroatoms.